The number of allylic oxidation sites excluding steroid dienone is 1. The number of ether oxygens (including phenoxy) is 1. The van der Waals surface area contributed by atoms with Gasteiger partial charge >= 0.3 is 0 Å². The fourth-order valence-electron chi connectivity index (χ4n) is 3.64. The van der Waals surface area contributed by atoms with E-state index in [1.54, 1.807) is 0 Å². The standard InChI is InChI=1S/C24H26N2O/c1-18-22(12-11-19-13-15-25-16-14-19)26-23-10-6-5-9-21(23)24(18)27-17-20-7-3-2-4-8-20/h2-12,19,25H,13-17H2,1H3. The molecule has 27 heavy (non-hydrogen) atoms. The summed E-state index contributed by atoms with van der Waals surface area (Å²) in [6.45, 7) is 4.88. The molecule has 0 amide bonds. The van der Waals surface area contributed by atoms with E-state index in [1.807, 2.05) is 30.3 Å². The summed E-state index contributed by atoms with van der Waals surface area (Å²) in [6.07, 6.45) is 6.90. The van der Waals surface area contributed by atoms with E-state index < -0.39 is 0 Å². The summed E-state index contributed by atoms with van der Waals surface area (Å²) in [5, 5.41) is 4.49. The Morgan fingerprint density at radius 2 is 1.78 bits per heavy atom. The minimum atomic E-state index is 0.563. The lowest BCUT2D eigenvalue weighted by molar-refractivity contribution is 0.307. The molecule has 2 aromatic carbocycles. The number of para-hydroxylation sites is 1. The predicted molar refractivity (Wildman–Crippen MR) is 112 cm³/mol. The predicted octanol–water partition coefficient (Wildman–Crippen LogP) is 5.14. The number of rotatable bonds is 5. The highest BCUT2D eigenvalue weighted by molar-refractivity contribution is 5.88. The number of fused-ring (bicyclic) bond motifs is 1. The summed E-state index contributed by atoms with van der Waals surface area (Å²) in [4.78, 5) is 4.89. The second kappa shape index (κ2) is 8.36. The van der Waals surface area contributed by atoms with E-state index in [2.05, 4.69) is 48.7 Å². The van der Waals surface area contributed by atoms with Crippen LogP contribution in [0.15, 0.2) is 60.7 Å². The quantitative estimate of drug-likeness (QED) is 0.686. The monoisotopic (exact) mass is 358 g/mol. The average molecular weight is 358 g/mol. The molecule has 1 N–H and O–H groups in total. The number of aromatic nitrogens is 1. The Labute approximate surface area is 161 Å². The summed E-state index contributed by atoms with van der Waals surface area (Å²) in [5.41, 5.74) is 4.27. The molecule has 0 unspecified atom stereocenters. The maximum atomic E-state index is 6.28. The molecule has 3 nitrogen and oxygen atoms in total. The first kappa shape index (κ1) is 17.7. The van der Waals surface area contributed by atoms with Gasteiger partial charge in [0, 0.05) is 10.9 Å². The van der Waals surface area contributed by atoms with Crippen molar-refractivity contribution in [3.8, 4) is 5.75 Å². The van der Waals surface area contributed by atoms with Crippen molar-refractivity contribution >= 4 is 17.0 Å². The lowest BCUT2D eigenvalue weighted by Crippen LogP contribution is -2.26. The smallest absolute Gasteiger partial charge is 0.134 e. The number of nitrogens with zero attached hydrogens (tertiary/aromatic N) is 1. The first-order valence-corrected chi connectivity index (χ1v) is 9.76. The molecule has 138 valence electrons. The molecule has 0 saturated carbocycles. The van der Waals surface area contributed by atoms with Gasteiger partial charge in [-0.2, -0.15) is 0 Å². The van der Waals surface area contributed by atoms with Crippen LogP contribution in [0.5, 0.6) is 5.75 Å². The molecule has 1 aliphatic heterocycles. The zero-order valence-electron chi connectivity index (χ0n) is 15.8. The molecule has 1 aromatic heterocycles. The van der Waals surface area contributed by atoms with E-state index >= 15 is 0 Å². The van der Waals surface area contributed by atoms with Gasteiger partial charge in [0.1, 0.15) is 12.4 Å². The molecule has 1 fully saturated rings. The summed E-state index contributed by atoms with van der Waals surface area (Å²) in [5.74, 6) is 1.57. The number of pyridine rings is 1. The van der Waals surface area contributed by atoms with Crippen LogP contribution in [0.25, 0.3) is 17.0 Å². The van der Waals surface area contributed by atoms with E-state index in [1.165, 1.54) is 18.4 Å². The molecular weight excluding hydrogens is 332 g/mol. The van der Waals surface area contributed by atoms with Gasteiger partial charge in [0.2, 0.25) is 0 Å². The normalized spacial score (nSPS) is 15.4. The molecule has 1 saturated heterocycles. The summed E-state index contributed by atoms with van der Waals surface area (Å²) >= 11 is 0. The van der Waals surface area contributed by atoms with Crippen LogP contribution in [0.3, 0.4) is 0 Å². The van der Waals surface area contributed by atoms with Crippen LogP contribution in [-0.4, -0.2) is 18.1 Å². The van der Waals surface area contributed by atoms with E-state index in [9.17, 15) is 0 Å². The zero-order valence-corrected chi connectivity index (χ0v) is 15.8. The summed E-state index contributed by atoms with van der Waals surface area (Å²) in [7, 11) is 0. The van der Waals surface area contributed by atoms with Crippen LogP contribution in [0, 0.1) is 12.8 Å². The second-order valence-corrected chi connectivity index (χ2v) is 7.19. The van der Waals surface area contributed by atoms with E-state index in [0.717, 1.165) is 41.0 Å². The minimum absolute atomic E-state index is 0.563. The van der Waals surface area contributed by atoms with Crippen molar-refractivity contribution in [2.45, 2.75) is 26.4 Å². The molecule has 3 aromatic rings. The molecule has 0 aliphatic carbocycles. The number of benzene rings is 2. The van der Waals surface area contributed by atoms with E-state index in [0.29, 0.717) is 12.5 Å². The first-order valence-electron chi connectivity index (χ1n) is 9.76. The van der Waals surface area contributed by atoms with Crippen molar-refractivity contribution in [1.82, 2.24) is 10.3 Å². The fraction of sp³-hybridized carbons (Fsp3) is 0.292. The van der Waals surface area contributed by atoms with Gasteiger partial charge in [-0.15, -0.1) is 0 Å². The van der Waals surface area contributed by atoms with Gasteiger partial charge in [0.15, 0.2) is 0 Å². The van der Waals surface area contributed by atoms with Crippen molar-refractivity contribution in [3.63, 3.8) is 0 Å². The lowest BCUT2D eigenvalue weighted by Gasteiger charge is -2.19. The molecule has 3 heteroatoms. The Morgan fingerprint density at radius 3 is 2.59 bits per heavy atom. The van der Waals surface area contributed by atoms with Gasteiger partial charge in [0.05, 0.1) is 11.2 Å². The Bertz CT molecular complexity index is 928. The number of hydrogen-bond acceptors (Lipinski definition) is 3. The molecular formula is C24H26N2O. The highest BCUT2D eigenvalue weighted by Gasteiger charge is 2.13. The van der Waals surface area contributed by atoms with Crippen LogP contribution in [0.2, 0.25) is 0 Å². The van der Waals surface area contributed by atoms with Crippen molar-refractivity contribution < 1.29 is 4.74 Å². The van der Waals surface area contributed by atoms with Crippen molar-refractivity contribution in [2.24, 2.45) is 5.92 Å². The largest absolute Gasteiger partial charge is 0.488 e. The third kappa shape index (κ3) is 4.20. The maximum Gasteiger partial charge on any atom is 0.134 e. The fourth-order valence-corrected chi connectivity index (χ4v) is 3.64. The van der Waals surface area contributed by atoms with Gasteiger partial charge in [-0.1, -0.05) is 48.5 Å². The van der Waals surface area contributed by atoms with Gasteiger partial charge in [-0.25, -0.2) is 4.98 Å². The Hall–Kier alpha value is -2.65. The number of nitrogens with one attached hydrogen (secondary N) is 1. The molecule has 4 rings (SSSR count). The molecule has 0 radical (unpaired) electrons. The topological polar surface area (TPSA) is 34.2 Å². The minimum Gasteiger partial charge on any atom is -0.488 e. The maximum absolute atomic E-state index is 6.28. The molecule has 2 heterocycles. The van der Waals surface area contributed by atoms with Crippen molar-refractivity contribution in [1.29, 1.82) is 0 Å². The number of hydrogen-bond donors (Lipinski definition) is 1. The van der Waals surface area contributed by atoms with Crippen LogP contribution >= 0.6 is 0 Å². The van der Waals surface area contributed by atoms with Gasteiger partial charge < -0.3 is 10.1 Å². The van der Waals surface area contributed by atoms with Crippen molar-refractivity contribution in [3.05, 3.63) is 77.5 Å². The van der Waals surface area contributed by atoms with Gasteiger partial charge in [-0.05, 0) is 62.5 Å². The second-order valence-electron chi connectivity index (χ2n) is 7.19. The molecule has 0 spiro atoms. The van der Waals surface area contributed by atoms with Crippen LogP contribution in [0.4, 0.5) is 0 Å². The third-order valence-corrected chi connectivity index (χ3v) is 5.25. The van der Waals surface area contributed by atoms with E-state index in [4.69, 9.17) is 9.72 Å². The highest BCUT2D eigenvalue weighted by atomic mass is 16.5. The molecule has 1 aliphatic rings. The highest BCUT2D eigenvalue weighted by Crippen LogP contribution is 2.32. The Kier molecular flexibility index (Phi) is 5.50. The summed E-state index contributed by atoms with van der Waals surface area (Å²) in [6, 6.07) is 18.5. The Morgan fingerprint density at radius 1 is 1.04 bits per heavy atom. The SMILES string of the molecule is Cc1c(C=CC2CCNCC2)nc2ccccc2c1OCc1ccccc1. The van der Waals surface area contributed by atoms with Crippen LogP contribution < -0.4 is 10.1 Å². The average Bonchev–Trinajstić information content (AvgIpc) is 2.73. The summed E-state index contributed by atoms with van der Waals surface area (Å²) < 4.78 is 6.28. The van der Waals surface area contributed by atoms with Gasteiger partial charge in [0.25, 0.3) is 0 Å². The molecule has 0 atom stereocenters. The zero-order chi connectivity index (χ0) is 18.5. The van der Waals surface area contributed by atoms with E-state index in [-0.39, 0.29) is 0 Å². The Balaban J connectivity index is 1.65. The molecule has 0 bridgehead atoms. The van der Waals surface area contributed by atoms with Crippen molar-refractivity contribution in [2.75, 3.05) is 13.1 Å². The lowest BCUT2D eigenvalue weighted by atomic mass is 9.97. The van der Waals surface area contributed by atoms with Crippen LogP contribution in [0.1, 0.15) is 29.7 Å². The van der Waals surface area contributed by atoms with Crippen LogP contribution in [-0.2, 0) is 6.61 Å². The van der Waals surface area contributed by atoms with Gasteiger partial charge in [-0.3, -0.25) is 0 Å². The third-order valence-electron chi connectivity index (χ3n) is 5.25. The number of piperidine rings is 1. The first-order chi connectivity index (χ1) is 13.3.